The average Bonchev–Trinajstić information content (AvgIpc) is 2.98. The minimum Gasteiger partial charge on any atom is -0.507 e. The zero-order valence-electron chi connectivity index (χ0n) is 24.8. The molecule has 0 saturated carbocycles. The molecule has 0 aliphatic rings. The monoisotopic (exact) mass is 590 g/mol. The molecular formula is C31H46N2O9. The molecule has 2 aromatic rings. The Labute approximate surface area is 248 Å². The molecule has 0 bridgehead atoms. The zero-order chi connectivity index (χ0) is 30.3. The zero-order valence-corrected chi connectivity index (χ0v) is 24.8. The van der Waals surface area contributed by atoms with Gasteiger partial charge in [-0.15, -0.1) is 0 Å². The van der Waals surface area contributed by atoms with Crippen LogP contribution in [0, 0.1) is 0 Å². The van der Waals surface area contributed by atoms with Gasteiger partial charge in [-0.05, 0) is 48.2 Å². The fraction of sp³-hybridized carbons (Fsp3) is 0.548. The summed E-state index contributed by atoms with van der Waals surface area (Å²) in [5.74, 6) is 0.230. The number of hydrogen-bond acceptors (Lipinski definition) is 11. The van der Waals surface area contributed by atoms with Crippen LogP contribution in [0.5, 0.6) is 11.5 Å². The lowest BCUT2D eigenvalue weighted by Crippen LogP contribution is -2.15. The summed E-state index contributed by atoms with van der Waals surface area (Å²) in [6.45, 7) is 5.56. The number of phenolic OH excluding ortho intramolecular Hbond substituents is 2. The number of aliphatic imine (C=N–C) groups is 2. The Morgan fingerprint density at radius 1 is 0.595 bits per heavy atom. The summed E-state index contributed by atoms with van der Waals surface area (Å²) in [5, 5.41) is 30.8. The maximum absolute atomic E-state index is 10.3. The van der Waals surface area contributed by atoms with E-state index in [1.54, 1.807) is 38.5 Å². The fourth-order valence-corrected chi connectivity index (χ4v) is 3.62. The third-order valence-corrected chi connectivity index (χ3v) is 5.96. The first-order chi connectivity index (χ1) is 20.5. The first-order valence-electron chi connectivity index (χ1n) is 14.1. The minimum atomic E-state index is -0.799. The number of phenols is 2. The summed E-state index contributed by atoms with van der Waals surface area (Å²) < 4.78 is 31.6. The molecule has 0 aromatic heterocycles. The van der Waals surface area contributed by atoms with E-state index < -0.39 is 6.10 Å². The number of methoxy groups -OCH3 is 2. The number of aliphatic hydroxyl groups is 1. The highest BCUT2D eigenvalue weighted by Gasteiger charge is 2.05. The van der Waals surface area contributed by atoms with Crippen molar-refractivity contribution in [3.63, 3.8) is 0 Å². The lowest BCUT2D eigenvalue weighted by atomic mass is 10.1. The summed E-state index contributed by atoms with van der Waals surface area (Å²) in [6, 6.07) is 10.8. The van der Waals surface area contributed by atoms with E-state index in [9.17, 15) is 15.3 Å². The van der Waals surface area contributed by atoms with Crippen LogP contribution in [-0.2, 0) is 41.3 Å². The molecule has 0 aliphatic carbocycles. The Balaban J connectivity index is 1.65. The van der Waals surface area contributed by atoms with Crippen molar-refractivity contribution in [2.75, 3.05) is 93.4 Å². The Hall–Kier alpha value is -2.90. The van der Waals surface area contributed by atoms with Gasteiger partial charge in [0.1, 0.15) is 11.5 Å². The van der Waals surface area contributed by atoms with Crippen LogP contribution in [0.2, 0.25) is 0 Å². The molecule has 11 heteroatoms. The van der Waals surface area contributed by atoms with Gasteiger partial charge in [0.05, 0.1) is 85.3 Å². The van der Waals surface area contributed by atoms with Crippen LogP contribution >= 0.6 is 0 Å². The Morgan fingerprint density at radius 2 is 0.976 bits per heavy atom. The summed E-state index contributed by atoms with van der Waals surface area (Å²) in [6.07, 6.45) is 3.59. The van der Waals surface area contributed by atoms with Crippen molar-refractivity contribution >= 4 is 12.4 Å². The molecule has 0 heterocycles. The van der Waals surface area contributed by atoms with Crippen LogP contribution in [0.1, 0.15) is 22.3 Å². The highest BCUT2D eigenvalue weighted by Crippen LogP contribution is 2.19. The van der Waals surface area contributed by atoms with Gasteiger partial charge >= 0.3 is 0 Å². The average molecular weight is 591 g/mol. The molecule has 0 fully saturated rings. The minimum absolute atomic E-state index is 0.115. The number of hydrogen-bond donors (Lipinski definition) is 3. The molecule has 0 radical (unpaired) electrons. The van der Waals surface area contributed by atoms with Crippen molar-refractivity contribution in [2.24, 2.45) is 9.98 Å². The number of nitrogens with zero attached hydrogens (tertiary/aromatic N) is 2. The van der Waals surface area contributed by atoms with Crippen molar-refractivity contribution in [3.8, 4) is 11.5 Å². The van der Waals surface area contributed by atoms with Gasteiger partial charge in [-0.25, -0.2) is 0 Å². The highest BCUT2D eigenvalue weighted by molar-refractivity contribution is 5.84. The van der Waals surface area contributed by atoms with Crippen LogP contribution in [0.15, 0.2) is 46.4 Å². The van der Waals surface area contributed by atoms with Crippen LogP contribution in [0.3, 0.4) is 0 Å². The van der Waals surface area contributed by atoms with E-state index in [2.05, 4.69) is 9.98 Å². The largest absolute Gasteiger partial charge is 0.507 e. The van der Waals surface area contributed by atoms with Gasteiger partial charge in [0, 0.05) is 37.8 Å². The maximum Gasteiger partial charge on any atom is 0.124 e. The van der Waals surface area contributed by atoms with Gasteiger partial charge in [0.2, 0.25) is 0 Å². The number of benzene rings is 2. The van der Waals surface area contributed by atoms with Crippen LogP contribution in [0.25, 0.3) is 0 Å². The van der Waals surface area contributed by atoms with E-state index in [1.807, 2.05) is 12.1 Å². The smallest absolute Gasteiger partial charge is 0.124 e. The van der Waals surface area contributed by atoms with E-state index in [1.165, 1.54) is 12.4 Å². The molecule has 2 rings (SSSR count). The molecule has 0 atom stereocenters. The molecule has 234 valence electrons. The van der Waals surface area contributed by atoms with Gasteiger partial charge in [-0.2, -0.15) is 0 Å². The van der Waals surface area contributed by atoms with Crippen molar-refractivity contribution in [2.45, 2.75) is 18.9 Å². The second-order valence-electron chi connectivity index (χ2n) is 9.36. The highest BCUT2D eigenvalue weighted by atomic mass is 16.5. The second-order valence-corrected chi connectivity index (χ2v) is 9.36. The van der Waals surface area contributed by atoms with Crippen molar-refractivity contribution in [1.29, 1.82) is 0 Å². The number of aliphatic hydroxyl groups excluding tert-OH is 1. The van der Waals surface area contributed by atoms with Crippen LogP contribution in [-0.4, -0.2) is 127 Å². The normalized spacial score (nSPS) is 12.5. The first-order valence-corrected chi connectivity index (χ1v) is 14.1. The van der Waals surface area contributed by atoms with E-state index in [4.69, 9.17) is 28.4 Å². The number of aromatic hydroxyl groups is 2. The maximum atomic E-state index is 10.3. The van der Waals surface area contributed by atoms with Gasteiger partial charge in [0.25, 0.3) is 0 Å². The van der Waals surface area contributed by atoms with Gasteiger partial charge in [-0.3, -0.25) is 9.98 Å². The molecule has 0 amide bonds. The molecular weight excluding hydrogens is 544 g/mol. The molecule has 2 aromatic carbocycles. The molecule has 0 spiro atoms. The third kappa shape index (κ3) is 15.9. The Morgan fingerprint density at radius 3 is 1.36 bits per heavy atom. The summed E-state index contributed by atoms with van der Waals surface area (Å²) >= 11 is 0. The van der Waals surface area contributed by atoms with Gasteiger partial charge in [-0.1, -0.05) is 12.1 Å². The topological polar surface area (TPSA) is 141 Å². The molecule has 42 heavy (non-hydrogen) atoms. The second kappa shape index (κ2) is 22.7. The standard InChI is InChI=1S/C31H46N2O9/c1-37-11-13-41-17-15-39-9-7-25-3-5-27(30(35)19-25)21-32-23-29(34)24-33-22-28-6-4-26(20-31(28)36)8-10-40-16-18-42-14-12-38-2/h3-6,19-22,29,34-36H,7-18,23-24H2,1-2H3. The molecule has 0 aliphatic heterocycles. The Kier molecular flexibility index (Phi) is 19.0. The third-order valence-electron chi connectivity index (χ3n) is 5.96. The Bertz CT molecular complexity index is 968. The summed E-state index contributed by atoms with van der Waals surface area (Å²) in [7, 11) is 3.26. The predicted octanol–water partition coefficient (Wildman–Crippen LogP) is 2.44. The lowest BCUT2D eigenvalue weighted by molar-refractivity contribution is 0.0255. The first kappa shape index (κ1) is 35.3. The number of rotatable bonds is 24. The van der Waals surface area contributed by atoms with Crippen molar-refractivity contribution < 1.29 is 43.7 Å². The van der Waals surface area contributed by atoms with Crippen LogP contribution < -0.4 is 0 Å². The van der Waals surface area contributed by atoms with E-state index in [-0.39, 0.29) is 24.6 Å². The van der Waals surface area contributed by atoms with Gasteiger partial charge in [0.15, 0.2) is 0 Å². The quantitative estimate of drug-likeness (QED) is 0.124. The number of ether oxygens (including phenoxy) is 6. The van der Waals surface area contributed by atoms with E-state index >= 15 is 0 Å². The molecule has 0 unspecified atom stereocenters. The van der Waals surface area contributed by atoms with Crippen molar-refractivity contribution in [3.05, 3.63) is 58.7 Å². The predicted molar refractivity (Wildman–Crippen MR) is 162 cm³/mol. The SMILES string of the molecule is COCCOCCOCCc1ccc(C=NCC(O)CN=Cc2ccc(CCOCCOCCOC)cc2O)c(O)c1. The van der Waals surface area contributed by atoms with E-state index in [0.717, 1.165) is 11.1 Å². The fourth-order valence-electron chi connectivity index (χ4n) is 3.62. The van der Waals surface area contributed by atoms with Crippen molar-refractivity contribution in [1.82, 2.24) is 0 Å². The summed E-state index contributed by atoms with van der Waals surface area (Å²) in [5.41, 5.74) is 3.02. The molecule has 3 N–H and O–H groups in total. The lowest BCUT2D eigenvalue weighted by Gasteiger charge is -2.08. The van der Waals surface area contributed by atoms with Gasteiger partial charge < -0.3 is 43.7 Å². The molecule has 11 nitrogen and oxygen atoms in total. The summed E-state index contributed by atoms with van der Waals surface area (Å²) in [4.78, 5) is 8.47. The van der Waals surface area contributed by atoms with E-state index in [0.29, 0.717) is 90.0 Å². The van der Waals surface area contributed by atoms with Crippen LogP contribution in [0.4, 0.5) is 0 Å². The molecule has 0 saturated heterocycles.